The molecule has 10 heavy (non-hydrogen) atoms. The molecule has 0 aliphatic rings. The van der Waals surface area contributed by atoms with Crippen LogP contribution in [0.4, 0.5) is 0 Å². The summed E-state index contributed by atoms with van der Waals surface area (Å²) in [6.07, 6.45) is 7.02. The summed E-state index contributed by atoms with van der Waals surface area (Å²) in [7, 11) is 0. The van der Waals surface area contributed by atoms with Crippen molar-refractivity contribution in [2.45, 2.75) is 40.5 Å². The van der Waals surface area contributed by atoms with Gasteiger partial charge in [0.1, 0.15) is 0 Å². The van der Waals surface area contributed by atoms with Crippen molar-refractivity contribution in [2.75, 3.05) is 0 Å². The lowest BCUT2D eigenvalue weighted by atomic mass is 9.99. The standard InChI is InChI=1S/C10H19/c1-5-7-8-10(6-2)9(3)4/h6,8-9H,5,7H2,1-4H3. The minimum Gasteiger partial charge on any atom is -0.0848 e. The predicted molar refractivity (Wildman–Crippen MR) is 47.8 cm³/mol. The van der Waals surface area contributed by atoms with Gasteiger partial charge >= 0.3 is 0 Å². The molecule has 0 aromatic heterocycles. The zero-order valence-corrected chi connectivity index (χ0v) is 7.65. The molecule has 0 aromatic rings. The smallest absolute Gasteiger partial charge is 0.0166 e. The lowest BCUT2D eigenvalue weighted by Gasteiger charge is -2.07. The predicted octanol–water partition coefficient (Wildman–Crippen LogP) is 3.59. The first-order valence-electron chi connectivity index (χ1n) is 4.21. The maximum atomic E-state index is 2.34. The van der Waals surface area contributed by atoms with Crippen LogP contribution in [-0.2, 0) is 0 Å². The molecule has 1 radical (unpaired) electrons. The second-order valence-electron chi connectivity index (χ2n) is 2.94. The molecule has 0 atom stereocenters. The van der Waals surface area contributed by atoms with Crippen LogP contribution in [0.15, 0.2) is 11.6 Å². The Kier molecular flexibility index (Phi) is 5.38. The van der Waals surface area contributed by atoms with Crippen LogP contribution >= 0.6 is 0 Å². The Morgan fingerprint density at radius 3 is 2.30 bits per heavy atom. The van der Waals surface area contributed by atoms with Gasteiger partial charge in [-0.25, -0.2) is 0 Å². The molecule has 0 nitrogen and oxygen atoms in total. The van der Waals surface area contributed by atoms with E-state index in [9.17, 15) is 0 Å². The van der Waals surface area contributed by atoms with Gasteiger partial charge in [-0.05, 0) is 18.8 Å². The second-order valence-corrected chi connectivity index (χ2v) is 2.94. The van der Waals surface area contributed by atoms with Gasteiger partial charge in [0.25, 0.3) is 0 Å². The third-order valence-corrected chi connectivity index (χ3v) is 1.67. The molecule has 0 saturated heterocycles. The Morgan fingerprint density at radius 1 is 1.40 bits per heavy atom. The highest BCUT2D eigenvalue weighted by molar-refractivity contribution is 5.13. The van der Waals surface area contributed by atoms with E-state index in [0.717, 1.165) is 0 Å². The third-order valence-electron chi connectivity index (χ3n) is 1.67. The highest BCUT2D eigenvalue weighted by atomic mass is 14.0. The first-order chi connectivity index (χ1) is 4.72. The molecule has 0 aromatic carbocycles. The monoisotopic (exact) mass is 139 g/mol. The summed E-state index contributed by atoms with van der Waals surface area (Å²) in [6.45, 7) is 8.80. The van der Waals surface area contributed by atoms with Crippen LogP contribution in [0.1, 0.15) is 40.5 Å². The van der Waals surface area contributed by atoms with Crippen LogP contribution in [0.5, 0.6) is 0 Å². The van der Waals surface area contributed by atoms with Gasteiger partial charge in [0.2, 0.25) is 0 Å². The molecule has 0 amide bonds. The summed E-state index contributed by atoms with van der Waals surface area (Å²) in [5.41, 5.74) is 1.49. The molecule has 0 aliphatic heterocycles. The first-order valence-corrected chi connectivity index (χ1v) is 4.21. The molecule has 0 bridgehead atoms. The summed E-state index contributed by atoms with van der Waals surface area (Å²) in [5.74, 6) is 0.691. The summed E-state index contributed by atoms with van der Waals surface area (Å²) >= 11 is 0. The number of allylic oxidation sites excluding steroid dienone is 2. The van der Waals surface area contributed by atoms with E-state index in [0.29, 0.717) is 5.92 Å². The zero-order chi connectivity index (χ0) is 7.98. The molecule has 0 saturated carbocycles. The summed E-state index contributed by atoms with van der Waals surface area (Å²) in [4.78, 5) is 0. The highest BCUT2D eigenvalue weighted by Crippen LogP contribution is 2.13. The molecule has 0 N–H and O–H groups in total. The van der Waals surface area contributed by atoms with Crippen molar-refractivity contribution in [1.82, 2.24) is 0 Å². The average molecular weight is 139 g/mol. The molecule has 0 heteroatoms. The number of hydrogen-bond donors (Lipinski definition) is 0. The van der Waals surface area contributed by atoms with Crippen molar-refractivity contribution in [3.8, 4) is 0 Å². The fraction of sp³-hybridized carbons (Fsp3) is 0.700. The normalized spacial score (nSPS) is 12.7. The van der Waals surface area contributed by atoms with Crippen LogP contribution < -0.4 is 0 Å². The maximum absolute atomic E-state index is 2.34. The summed E-state index contributed by atoms with van der Waals surface area (Å²) in [5, 5.41) is 0. The molecule has 0 spiro atoms. The fourth-order valence-corrected chi connectivity index (χ4v) is 0.998. The van der Waals surface area contributed by atoms with Crippen molar-refractivity contribution < 1.29 is 0 Å². The maximum Gasteiger partial charge on any atom is -0.0166 e. The van der Waals surface area contributed by atoms with Crippen molar-refractivity contribution in [3.63, 3.8) is 0 Å². The Bertz CT molecular complexity index is 98.6. The average Bonchev–Trinajstić information content (AvgIpc) is 1.89. The van der Waals surface area contributed by atoms with E-state index in [-0.39, 0.29) is 0 Å². The Morgan fingerprint density at radius 2 is 2.00 bits per heavy atom. The van der Waals surface area contributed by atoms with Crippen molar-refractivity contribution in [3.05, 3.63) is 18.1 Å². The summed E-state index contributed by atoms with van der Waals surface area (Å²) in [6, 6.07) is 0. The van der Waals surface area contributed by atoms with Crippen LogP contribution in [-0.4, -0.2) is 0 Å². The van der Waals surface area contributed by atoms with E-state index in [4.69, 9.17) is 0 Å². The van der Waals surface area contributed by atoms with Crippen LogP contribution in [0.25, 0.3) is 0 Å². The Hall–Kier alpha value is -0.260. The number of unbranched alkanes of at least 4 members (excludes halogenated alkanes) is 1. The first kappa shape index (κ1) is 9.74. The van der Waals surface area contributed by atoms with E-state index >= 15 is 0 Å². The lowest BCUT2D eigenvalue weighted by molar-refractivity contribution is 0.763. The topological polar surface area (TPSA) is 0 Å². The van der Waals surface area contributed by atoms with E-state index in [1.807, 2.05) is 0 Å². The van der Waals surface area contributed by atoms with Gasteiger partial charge in [0.05, 0.1) is 0 Å². The Balaban J connectivity index is 3.79. The second kappa shape index (κ2) is 5.52. The van der Waals surface area contributed by atoms with Crippen LogP contribution in [0.3, 0.4) is 0 Å². The van der Waals surface area contributed by atoms with E-state index in [1.165, 1.54) is 18.4 Å². The lowest BCUT2D eigenvalue weighted by Crippen LogP contribution is -1.92. The molecule has 0 aliphatic carbocycles. The zero-order valence-electron chi connectivity index (χ0n) is 7.65. The van der Waals surface area contributed by atoms with E-state index in [2.05, 4.69) is 40.2 Å². The molecular formula is C10H19. The largest absolute Gasteiger partial charge is 0.0848 e. The SMILES string of the molecule is C[CH]C(=CCCC)C(C)C. The molecule has 0 unspecified atom stereocenters. The van der Waals surface area contributed by atoms with Crippen molar-refractivity contribution in [1.29, 1.82) is 0 Å². The van der Waals surface area contributed by atoms with Gasteiger partial charge in [0, 0.05) is 0 Å². The van der Waals surface area contributed by atoms with Crippen LogP contribution in [0, 0.1) is 12.3 Å². The van der Waals surface area contributed by atoms with Gasteiger partial charge in [-0.2, -0.15) is 0 Å². The quantitative estimate of drug-likeness (QED) is 0.558. The van der Waals surface area contributed by atoms with Gasteiger partial charge in [0.15, 0.2) is 0 Å². The van der Waals surface area contributed by atoms with E-state index in [1.54, 1.807) is 0 Å². The number of rotatable bonds is 4. The molecule has 59 valence electrons. The third kappa shape index (κ3) is 3.71. The molecule has 0 rings (SSSR count). The minimum atomic E-state index is 0.691. The number of hydrogen-bond acceptors (Lipinski definition) is 0. The minimum absolute atomic E-state index is 0.691. The van der Waals surface area contributed by atoms with Crippen molar-refractivity contribution >= 4 is 0 Å². The van der Waals surface area contributed by atoms with Gasteiger partial charge < -0.3 is 0 Å². The highest BCUT2D eigenvalue weighted by Gasteiger charge is 1.98. The van der Waals surface area contributed by atoms with Gasteiger partial charge in [-0.1, -0.05) is 45.8 Å². The van der Waals surface area contributed by atoms with Crippen molar-refractivity contribution in [2.24, 2.45) is 5.92 Å². The summed E-state index contributed by atoms with van der Waals surface area (Å²) < 4.78 is 0. The molecule has 0 fully saturated rings. The molecular weight excluding hydrogens is 120 g/mol. The fourth-order valence-electron chi connectivity index (χ4n) is 0.998. The molecule has 0 heterocycles. The van der Waals surface area contributed by atoms with Gasteiger partial charge in [-0.15, -0.1) is 0 Å². The Labute approximate surface area is 65.3 Å². The van der Waals surface area contributed by atoms with E-state index < -0.39 is 0 Å². The van der Waals surface area contributed by atoms with Crippen LogP contribution in [0.2, 0.25) is 0 Å². The van der Waals surface area contributed by atoms with Gasteiger partial charge in [-0.3, -0.25) is 0 Å².